The van der Waals surface area contributed by atoms with E-state index in [0.717, 1.165) is 22.5 Å². The van der Waals surface area contributed by atoms with Crippen molar-refractivity contribution in [3.8, 4) is 5.69 Å². The maximum atomic E-state index is 12.8. The summed E-state index contributed by atoms with van der Waals surface area (Å²) in [5.74, 6) is -0.387. The number of hydrogen-bond donors (Lipinski definition) is 4. The number of amides is 2. The van der Waals surface area contributed by atoms with Gasteiger partial charge in [0.15, 0.2) is 0 Å². The molecule has 0 aliphatic carbocycles. The van der Waals surface area contributed by atoms with Crippen molar-refractivity contribution in [2.45, 2.75) is 45.2 Å². The molecule has 0 unspecified atom stereocenters. The normalized spacial score (nSPS) is 15.5. The molecule has 1 aromatic heterocycles. The van der Waals surface area contributed by atoms with Crippen LogP contribution in [0.4, 0.5) is 16.3 Å². The van der Waals surface area contributed by atoms with Gasteiger partial charge in [0.2, 0.25) is 0 Å². The van der Waals surface area contributed by atoms with Gasteiger partial charge in [-0.2, -0.15) is 5.10 Å². The van der Waals surface area contributed by atoms with Crippen LogP contribution < -0.4 is 16.0 Å². The van der Waals surface area contributed by atoms with E-state index >= 15 is 0 Å². The number of nitrogens with one attached hydrogen (secondary N) is 3. The van der Waals surface area contributed by atoms with Gasteiger partial charge in [0.1, 0.15) is 11.9 Å². The van der Waals surface area contributed by atoms with Gasteiger partial charge in [0.25, 0.3) is 0 Å². The fraction of sp³-hybridized carbons (Fsp3) is 0.292. The average molecular weight is 502 g/mol. The van der Waals surface area contributed by atoms with E-state index in [4.69, 9.17) is 28.3 Å². The highest BCUT2D eigenvalue weighted by molar-refractivity contribution is 6.44. The highest BCUT2D eigenvalue weighted by atomic mass is 35.5. The molecule has 2 amide bonds. The molecule has 3 aromatic rings. The van der Waals surface area contributed by atoms with Crippen molar-refractivity contribution in [1.29, 1.82) is 0 Å². The maximum absolute atomic E-state index is 12.8. The molecule has 0 saturated carbocycles. The number of aromatic nitrogens is 2. The van der Waals surface area contributed by atoms with Crippen molar-refractivity contribution < 1.29 is 14.7 Å². The number of hydrogen-bond acceptors (Lipinski definition) is 4. The summed E-state index contributed by atoms with van der Waals surface area (Å²) < 4.78 is 1.67. The molecule has 0 radical (unpaired) electrons. The summed E-state index contributed by atoms with van der Waals surface area (Å²) in [5, 5.41) is 23.2. The third-order valence-corrected chi connectivity index (χ3v) is 6.43. The molecular weight excluding hydrogens is 477 g/mol. The Morgan fingerprint density at radius 2 is 1.88 bits per heavy atom. The Bertz CT molecular complexity index is 1270. The number of nitrogens with zero attached hydrogens (tertiary/aromatic N) is 2. The first kappa shape index (κ1) is 24.1. The summed E-state index contributed by atoms with van der Waals surface area (Å²) >= 11 is 12.2. The Balaban J connectivity index is 1.64. The quantitative estimate of drug-likeness (QED) is 0.391. The van der Waals surface area contributed by atoms with Crippen LogP contribution in [0.5, 0.6) is 0 Å². The number of halogens is 2. The first-order valence-corrected chi connectivity index (χ1v) is 11.5. The van der Waals surface area contributed by atoms with Crippen LogP contribution in [0.1, 0.15) is 37.6 Å². The maximum Gasteiger partial charge on any atom is 0.324 e. The van der Waals surface area contributed by atoms with Crippen molar-refractivity contribution in [1.82, 2.24) is 15.1 Å². The van der Waals surface area contributed by atoms with Crippen molar-refractivity contribution in [2.24, 2.45) is 0 Å². The Morgan fingerprint density at radius 3 is 2.59 bits per heavy atom. The van der Waals surface area contributed by atoms with Gasteiger partial charge >= 0.3 is 12.0 Å². The third-order valence-electron chi connectivity index (χ3n) is 5.61. The van der Waals surface area contributed by atoms with Crippen LogP contribution in [-0.2, 0) is 23.2 Å². The lowest BCUT2D eigenvalue weighted by molar-refractivity contribution is -0.139. The lowest BCUT2D eigenvalue weighted by atomic mass is 9.92. The number of carbonyl (C=O) groups is 2. The van der Waals surface area contributed by atoms with Crippen LogP contribution in [0.3, 0.4) is 0 Å². The Kier molecular flexibility index (Phi) is 6.58. The fourth-order valence-corrected chi connectivity index (χ4v) is 4.06. The minimum atomic E-state index is -0.867. The van der Waals surface area contributed by atoms with Crippen molar-refractivity contribution in [3.05, 3.63) is 69.3 Å². The second-order valence-electron chi connectivity index (χ2n) is 9.19. The van der Waals surface area contributed by atoms with Crippen molar-refractivity contribution in [2.75, 3.05) is 10.6 Å². The standard InChI is InChI=1S/C24H25Cl2N5O3/c1-24(2,3)19-11-20(29-23(34)28-17-6-4-5-16(25)21(17)26)31(30-19)15-8-7-13-10-18(22(32)33)27-12-14(13)9-15/h4-9,11,18,27H,10,12H2,1-3H3,(H,32,33)(H2,28,29,34)/t18-/m0/s1. The van der Waals surface area contributed by atoms with Crippen molar-refractivity contribution in [3.63, 3.8) is 0 Å². The van der Waals surface area contributed by atoms with E-state index in [9.17, 15) is 14.7 Å². The second kappa shape index (κ2) is 9.29. The fourth-order valence-electron chi connectivity index (χ4n) is 3.71. The number of urea groups is 1. The number of aliphatic carboxylic acids is 1. The van der Waals surface area contributed by atoms with E-state index in [2.05, 4.69) is 16.0 Å². The Labute approximate surface area is 207 Å². The summed E-state index contributed by atoms with van der Waals surface area (Å²) in [7, 11) is 0. The van der Waals surface area contributed by atoms with Gasteiger partial charge < -0.3 is 15.7 Å². The molecule has 0 fully saturated rings. The molecule has 2 aromatic carbocycles. The minimum absolute atomic E-state index is 0.251. The topological polar surface area (TPSA) is 108 Å². The summed E-state index contributed by atoms with van der Waals surface area (Å²) in [6.07, 6.45) is 0.408. The lowest BCUT2D eigenvalue weighted by Gasteiger charge is -2.24. The average Bonchev–Trinajstić information content (AvgIpc) is 3.20. The molecule has 0 spiro atoms. The number of rotatable bonds is 4. The smallest absolute Gasteiger partial charge is 0.324 e. The van der Waals surface area contributed by atoms with Crippen LogP contribution in [0.25, 0.3) is 5.69 Å². The van der Waals surface area contributed by atoms with Crippen LogP contribution in [-0.4, -0.2) is 32.9 Å². The SMILES string of the molecule is CC(C)(C)c1cc(NC(=O)Nc2cccc(Cl)c2Cl)n(-c2ccc3c(c2)CN[C@H](C(=O)O)C3)n1. The van der Waals surface area contributed by atoms with E-state index in [1.165, 1.54) is 0 Å². The zero-order chi connectivity index (χ0) is 24.6. The van der Waals surface area contributed by atoms with Crippen LogP contribution in [0.15, 0.2) is 42.5 Å². The first-order chi connectivity index (χ1) is 16.0. The van der Waals surface area contributed by atoms with E-state index in [-0.39, 0.29) is 10.4 Å². The van der Waals surface area contributed by atoms with E-state index in [1.807, 2.05) is 45.0 Å². The van der Waals surface area contributed by atoms with Crippen LogP contribution >= 0.6 is 23.2 Å². The van der Waals surface area contributed by atoms with E-state index in [0.29, 0.717) is 29.5 Å². The van der Waals surface area contributed by atoms with Gasteiger partial charge in [-0.15, -0.1) is 0 Å². The van der Waals surface area contributed by atoms with E-state index < -0.39 is 18.0 Å². The minimum Gasteiger partial charge on any atom is -0.480 e. The van der Waals surface area contributed by atoms with Gasteiger partial charge in [0.05, 0.1) is 27.1 Å². The molecule has 2 heterocycles. The van der Waals surface area contributed by atoms with Gasteiger partial charge in [-0.25, -0.2) is 9.48 Å². The second-order valence-corrected chi connectivity index (χ2v) is 9.97. The molecule has 0 saturated heterocycles. The van der Waals surface area contributed by atoms with Gasteiger partial charge in [-0.3, -0.25) is 10.1 Å². The van der Waals surface area contributed by atoms with Gasteiger partial charge in [-0.05, 0) is 41.8 Å². The molecule has 4 N–H and O–H groups in total. The third kappa shape index (κ3) is 5.04. The number of benzene rings is 2. The number of carbonyl (C=O) groups excluding carboxylic acids is 1. The summed E-state index contributed by atoms with van der Waals surface area (Å²) in [6, 6.07) is 11.5. The number of carboxylic acid groups (broad SMARTS) is 1. The highest BCUT2D eigenvalue weighted by Gasteiger charge is 2.25. The molecule has 8 nitrogen and oxygen atoms in total. The summed E-state index contributed by atoms with van der Waals surface area (Å²) in [6.45, 7) is 6.55. The summed E-state index contributed by atoms with van der Waals surface area (Å²) in [5.41, 5.74) is 3.65. The Morgan fingerprint density at radius 1 is 1.12 bits per heavy atom. The molecular formula is C24H25Cl2N5O3. The Hall–Kier alpha value is -3.07. The number of carboxylic acids is 1. The molecule has 4 rings (SSSR count). The number of anilines is 2. The molecule has 1 aliphatic heterocycles. The molecule has 34 heavy (non-hydrogen) atoms. The van der Waals surface area contributed by atoms with Crippen molar-refractivity contribution >= 4 is 46.7 Å². The van der Waals surface area contributed by atoms with Crippen LogP contribution in [0.2, 0.25) is 10.0 Å². The summed E-state index contributed by atoms with van der Waals surface area (Å²) in [4.78, 5) is 24.1. The zero-order valence-corrected chi connectivity index (χ0v) is 20.5. The van der Waals surface area contributed by atoms with Crippen LogP contribution in [0, 0.1) is 0 Å². The van der Waals surface area contributed by atoms with E-state index in [1.54, 1.807) is 22.9 Å². The number of fused-ring (bicyclic) bond motifs is 1. The predicted molar refractivity (Wildman–Crippen MR) is 133 cm³/mol. The predicted octanol–water partition coefficient (Wildman–Crippen LogP) is 5.22. The lowest BCUT2D eigenvalue weighted by Crippen LogP contribution is -2.41. The molecule has 1 aliphatic rings. The monoisotopic (exact) mass is 501 g/mol. The van der Waals surface area contributed by atoms with Gasteiger partial charge in [-0.1, -0.05) is 56.1 Å². The molecule has 0 bridgehead atoms. The molecule has 178 valence electrons. The molecule has 1 atom stereocenters. The first-order valence-electron chi connectivity index (χ1n) is 10.7. The largest absolute Gasteiger partial charge is 0.480 e. The van der Waals surface area contributed by atoms with Gasteiger partial charge in [0, 0.05) is 18.0 Å². The molecule has 10 heteroatoms. The zero-order valence-electron chi connectivity index (χ0n) is 18.9. The highest BCUT2D eigenvalue weighted by Crippen LogP contribution is 2.31.